The highest BCUT2D eigenvalue weighted by atomic mass is 16.5. The van der Waals surface area contributed by atoms with Crippen molar-refractivity contribution >= 4 is 27.8 Å². The Balaban J connectivity index is 1.22. The van der Waals surface area contributed by atoms with E-state index in [9.17, 15) is 0 Å². The Bertz CT molecular complexity index is 3020. The molecule has 0 fully saturated rings. The number of hydrogen-bond donors (Lipinski definition) is 0. The molecule has 0 aliphatic carbocycles. The zero-order chi connectivity index (χ0) is 39.8. The summed E-state index contributed by atoms with van der Waals surface area (Å²) in [6.07, 6.45) is 0. The SMILES string of the molecule is c1ccc(-c2nc(-c3ccccc3)nc(-c3cc(-c4nc(-c5ccccc5)nc(-c5ccccc5)n4)c4cccc(N5c6ccccc6Oc6ccccc65)c4c3)n2)cc1. The zero-order valence-corrected chi connectivity index (χ0v) is 32.1. The van der Waals surface area contributed by atoms with Gasteiger partial charge < -0.3 is 9.64 Å². The third-order valence-electron chi connectivity index (χ3n) is 10.5. The maximum absolute atomic E-state index is 6.45. The topological polar surface area (TPSA) is 89.8 Å². The van der Waals surface area contributed by atoms with Crippen LogP contribution in [0.25, 0.3) is 79.1 Å². The van der Waals surface area contributed by atoms with Crippen LogP contribution in [0.15, 0.2) is 200 Å². The maximum Gasteiger partial charge on any atom is 0.164 e. The van der Waals surface area contributed by atoms with Crippen LogP contribution in [0.3, 0.4) is 0 Å². The van der Waals surface area contributed by atoms with E-state index in [1.165, 1.54) is 0 Å². The minimum atomic E-state index is 0.518. The first-order valence-corrected chi connectivity index (χ1v) is 19.7. The molecule has 0 bridgehead atoms. The fraction of sp³-hybridized carbons (Fsp3) is 0. The lowest BCUT2D eigenvalue weighted by atomic mass is 9.97. The van der Waals surface area contributed by atoms with Gasteiger partial charge in [0.05, 0.1) is 17.1 Å². The number of para-hydroxylation sites is 4. The first kappa shape index (κ1) is 34.9. The van der Waals surface area contributed by atoms with E-state index >= 15 is 0 Å². The van der Waals surface area contributed by atoms with Crippen molar-refractivity contribution in [3.05, 3.63) is 200 Å². The average molecular weight is 772 g/mol. The van der Waals surface area contributed by atoms with Crippen molar-refractivity contribution in [3.8, 4) is 79.8 Å². The number of fused-ring (bicyclic) bond motifs is 3. The first-order chi connectivity index (χ1) is 29.7. The molecule has 11 rings (SSSR count). The molecular weight excluding hydrogens is 739 g/mol. The van der Waals surface area contributed by atoms with E-state index < -0.39 is 0 Å². The average Bonchev–Trinajstić information content (AvgIpc) is 3.33. The number of nitrogens with zero attached hydrogens (tertiary/aromatic N) is 7. The largest absolute Gasteiger partial charge is 0.453 e. The first-order valence-electron chi connectivity index (χ1n) is 19.7. The summed E-state index contributed by atoms with van der Waals surface area (Å²) in [5.41, 5.74) is 7.92. The standard InChI is InChI=1S/C52H33N7O/c1-5-18-34(19-6-1)47-53-48(35-20-7-2-8-21-35)56-51(55-47)38-32-40-39(26-17-29-42(40)59-43-27-13-15-30-45(43)60-46-31-16-14-28-44(46)59)41(33-38)52-57-49(36-22-9-3-10-23-36)54-50(58-52)37-24-11-4-12-25-37/h1-33H. The molecule has 2 aromatic heterocycles. The summed E-state index contributed by atoms with van der Waals surface area (Å²) in [7, 11) is 0. The number of aromatic nitrogens is 6. The lowest BCUT2D eigenvalue weighted by Gasteiger charge is -2.33. The van der Waals surface area contributed by atoms with Gasteiger partial charge in [-0.3, -0.25) is 0 Å². The smallest absolute Gasteiger partial charge is 0.164 e. The molecule has 3 heterocycles. The van der Waals surface area contributed by atoms with Crippen molar-refractivity contribution in [1.29, 1.82) is 0 Å². The second-order valence-corrected chi connectivity index (χ2v) is 14.3. The molecule has 8 heteroatoms. The predicted octanol–water partition coefficient (Wildman–Crippen LogP) is 12.8. The van der Waals surface area contributed by atoms with Gasteiger partial charge in [0.1, 0.15) is 0 Å². The molecule has 60 heavy (non-hydrogen) atoms. The van der Waals surface area contributed by atoms with Gasteiger partial charge in [0.25, 0.3) is 0 Å². The molecule has 0 radical (unpaired) electrons. The molecule has 10 aromatic rings. The zero-order valence-electron chi connectivity index (χ0n) is 32.1. The molecule has 0 saturated carbocycles. The van der Waals surface area contributed by atoms with Crippen LogP contribution in [0.1, 0.15) is 0 Å². The van der Waals surface area contributed by atoms with E-state index in [4.69, 9.17) is 34.6 Å². The van der Waals surface area contributed by atoms with Crippen LogP contribution in [-0.4, -0.2) is 29.9 Å². The van der Waals surface area contributed by atoms with E-state index in [1.807, 2.05) is 158 Å². The Labute approximate surface area is 346 Å². The maximum atomic E-state index is 6.45. The quantitative estimate of drug-likeness (QED) is 0.158. The molecular formula is C52H33N7O. The Morgan fingerprint density at radius 3 is 1.10 bits per heavy atom. The van der Waals surface area contributed by atoms with Crippen LogP contribution in [0.4, 0.5) is 17.1 Å². The predicted molar refractivity (Wildman–Crippen MR) is 238 cm³/mol. The van der Waals surface area contributed by atoms with Crippen molar-refractivity contribution in [1.82, 2.24) is 29.9 Å². The van der Waals surface area contributed by atoms with Gasteiger partial charge in [0.15, 0.2) is 46.4 Å². The third kappa shape index (κ3) is 6.38. The number of rotatable bonds is 7. The summed E-state index contributed by atoms with van der Waals surface area (Å²) in [6, 6.07) is 67.0. The van der Waals surface area contributed by atoms with Crippen molar-refractivity contribution in [3.63, 3.8) is 0 Å². The number of hydrogen-bond acceptors (Lipinski definition) is 8. The molecule has 0 saturated heterocycles. The number of benzene rings is 8. The molecule has 0 atom stereocenters. The highest BCUT2D eigenvalue weighted by Crippen LogP contribution is 2.52. The Morgan fingerprint density at radius 1 is 0.283 bits per heavy atom. The van der Waals surface area contributed by atoms with Gasteiger partial charge >= 0.3 is 0 Å². The minimum Gasteiger partial charge on any atom is -0.453 e. The van der Waals surface area contributed by atoms with Crippen LogP contribution in [0.2, 0.25) is 0 Å². The Kier molecular flexibility index (Phi) is 8.63. The molecule has 0 unspecified atom stereocenters. The third-order valence-corrected chi connectivity index (χ3v) is 10.5. The van der Waals surface area contributed by atoms with Crippen molar-refractivity contribution in [2.75, 3.05) is 4.90 Å². The monoisotopic (exact) mass is 771 g/mol. The molecule has 0 amide bonds. The summed E-state index contributed by atoms with van der Waals surface area (Å²) in [6.45, 7) is 0. The van der Waals surface area contributed by atoms with Crippen LogP contribution in [0.5, 0.6) is 11.5 Å². The van der Waals surface area contributed by atoms with Gasteiger partial charge in [-0.05, 0) is 47.9 Å². The lowest BCUT2D eigenvalue weighted by Crippen LogP contribution is -2.16. The van der Waals surface area contributed by atoms with Gasteiger partial charge in [-0.1, -0.05) is 158 Å². The second kappa shape index (κ2) is 14.9. The molecule has 0 spiro atoms. The van der Waals surface area contributed by atoms with Crippen LogP contribution < -0.4 is 9.64 Å². The summed E-state index contributed by atoms with van der Waals surface area (Å²) < 4.78 is 6.45. The molecule has 8 aromatic carbocycles. The highest BCUT2D eigenvalue weighted by Gasteiger charge is 2.28. The van der Waals surface area contributed by atoms with E-state index in [0.29, 0.717) is 34.9 Å². The highest BCUT2D eigenvalue weighted by molar-refractivity contribution is 6.08. The van der Waals surface area contributed by atoms with Gasteiger partial charge in [-0.2, -0.15) is 0 Å². The summed E-state index contributed by atoms with van der Waals surface area (Å²) in [4.78, 5) is 33.1. The van der Waals surface area contributed by atoms with Crippen LogP contribution in [-0.2, 0) is 0 Å². The molecule has 8 nitrogen and oxygen atoms in total. The van der Waals surface area contributed by atoms with E-state index in [0.717, 1.165) is 72.7 Å². The number of anilines is 3. The van der Waals surface area contributed by atoms with Crippen LogP contribution >= 0.6 is 0 Å². The van der Waals surface area contributed by atoms with Crippen molar-refractivity contribution in [2.24, 2.45) is 0 Å². The Hall–Kier alpha value is -8.36. The minimum absolute atomic E-state index is 0.518. The van der Waals surface area contributed by atoms with E-state index in [1.54, 1.807) is 0 Å². The van der Waals surface area contributed by atoms with E-state index in [2.05, 4.69) is 47.4 Å². The number of ether oxygens (including phenoxy) is 1. The second-order valence-electron chi connectivity index (χ2n) is 14.3. The van der Waals surface area contributed by atoms with Crippen molar-refractivity contribution in [2.45, 2.75) is 0 Å². The molecule has 282 valence electrons. The fourth-order valence-corrected chi connectivity index (χ4v) is 7.71. The summed E-state index contributed by atoms with van der Waals surface area (Å²) in [5.74, 6) is 4.86. The fourth-order valence-electron chi connectivity index (χ4n) is 7.71. The molecule has 1 aliphatic rings. The van der Waals surface area contributed by atoms with Gasteiger partial charge in [0, 0.05) is 38.8 Å². The van der Waals surface area contributed by atoms with E-state index in [-0.39, 0.29) is 0 Å². The molecule has 0 N–H and O–H groups in total. The summed E-state index contributed by atoms with van der Waals surface area (Å²) in [5, 5.41) is 1.89. The summed E-state index contributed by atoms with van der Waals surface area (Å²) >= 11 is 0. The van der Waals surface area contributed by atoms with Crippen molar-refractivity contribution < 1.29 is 4.74 Å². The normalized spacial score (nSPS) is 11.8. The van der Waals surface area contributed by atoms with Gasteiger partial charge in [-0.15, -0.1) is 0 Å². The Morgan fingerprint density at radius 2 is 0.650 bits per heavy atom. The van der Waals surface area contributed by atoms with Gasteiger partial charge in [-0.25, -0.2) is 29.9 Å². The lowest BCUT2D eigenvalue weighted by molar-refractivity contribution is 0.477. The van der Waals surface area contributed by atoms with Gasteiger partial charge in [0.2, 0.25) is 0 Å². The molecule has 1 aliphatic heterocycles. The van der Waals surface area contributed by atoms with Crippen LogP contribution in [0, 0.1) is 0 Å².